The largest absolute Gasteiger partial charge is 2.00 e. The summed E-state index contributed by atoms with van der Waals surface area (Å²) >= 11 is -15.4. The van der Waals surface area contributed by atoms with Gasteiger partial charge in [0.1, 0.15) is 0 Å². The summed E-state index contributed by atoms with van der Waals surface area (Å²) in [5.74, 6) is 0. The minimum absolute atomic E-state index is 0. The zero-order chi connectivity index (χ0) is 13.5. The Morgan fingerprint density at radius 2 is 0.500 bits per heavy atom. The van der Waals surface area contributed by atoms with Crippen molar-refractivity contribution < 1.29 is 162 Å². The van der Waals surface area contributed by atoms with Crippen molar-refractivity contribution in [3.8, 4) is 0 Å². The molecule has 0 aliphatic rings. The molecule has 12 nitrogen and oxygen atoms in total. The van der Waals surface area contributed by atoms with Gasteiger partial charge in [0.2, 0.25) is 0 Å². The molecule has 0 aliphatic heterocycles. The molecule has 0 spiro atoms. The Labute approximate surface area is 203 Å². The van der Waals surface area contributed by atoms with Gasteiger partial charge in [0.25, 0.3) is 0 Å². The molecule has 109 valence electrons. The van der Waals surface area contributed by atoms with Gasteiger partial charge in [-0.15, -0.1) is 0 Å². The zero-order valence-corrected chi connectivity index (χ0v) is 22.4. The fraction of sp³-hybridized carbons (Fsp3) is 0. The van der Waals surface area contributed by atoms with Crippen molar-refractivity contribution in [2.75, 3.05) is 0 Å². The van der Waals surface area contributed by atoms with Crippen LogP contribution >= 0.6 is 0 Å². The summed E-state index contributed by atoms with van der Waals surface area (Å²) in [4.78, 5) is 0. The second kappa shape index (κ2) is 17.3. The smallest absolute Gasteiger partial charge is 2.00 e. The SMILES string of the molecule is [H-].[H-].[La].[La].[O]=[Mn](=[O])([OH])[OH].[O]=[Mn](=[O])([OH])[OH].[O]=[Mn](=[O])([OH])[OH].[Sr+2]. The van der Waals surface area contributed by atoms with Gasteiger partial charge in [0.15, 0.2) is 0 Å². The third kappa shape index (κ3) is 453. The third-order valence-corrected chi connectivity index (χ3v) is 0. The molecular formula is H8La2Mn3O12Sr. The van der Waals surface area contributed by atoms with Crippen molar-refractivity contribution in [3.63, 3.8) is 0 Å². The maximum Gasteiger partial charge on any atom is 2.00 e. The average molecular weight is 730 g/mol. The Kier molecular flexibility index (Phi) is 36.5. The summed E-state index contributed by atoms with van der Waals surface area (Å²) in [7, 11) is 0. The summed E-state index contributed by atoms with van der Waals surface area (Å²) in [6.07, 6.45) is 0. The van der Waals surface area contributed by atoms with Crippen LogP contribution in [0.2, 0.25) is 0 Å². The van der Waals surface area contributed by atoms with Gasteiger partial charge in [-0.3, -0.25) is 0 Å². The molecule has 0 fully saturated rings. The molecule has 6 N–H and O–H groups in total. The van der Waals surface area contributed by atoms with E-state index in [4.69, 9.17) is 48.1 Å². The Balaban J connectivity index is -0.0000000160. The van der Waals surface area contributed by atoms with E-state index in [1.54, 1.807) is 0 Å². The van der Waals surface area contributed by atoms with E-state index in [9.17, 15) is 0 Å². The van der Waals surface area contributed by atoms with E-state index >= 15 is 0 Å². The molecule has 18 heteroatoms. The number of rotatable bonds is 0. The predicted octanol–water partition coefficient (Wildman–Crippen LogP) is -4.22. The van der Waals surface area contributed by atoms with Gasteiger partial charge < -0.3 is 2.85 Å². The van der Waals surface area contributed by atoms with Crippen LogP contribution in [-0.4, -0.2) is 70.6 Å². The molecule has 0 aromatic rings. The van der Waals surface area contributed by atoms with Crippen molar-refractivity contribution in [1.82, 2.24) is 0 Å². The summed E-state index contributed by atoms with van der Waals surface area (Å²) in [5, 5.41) is 0. The van der Waals surface area contributed by atoms with Crippen molar-refractivity contribution in [1.29, 1.82) is 0 Å². The van der Waals surface area contributed by atoms with Crippen LogP contribution in [0.5, 0.6) is 0 Å². The van der Waals surface area contributed by atoms with Gasteiger partial charge >= 0.3 is 134 Å². The van der Waals surface area contributed by atoms with Crippen molar-refractivity contribution in [2.45, 2.75) is 0 Å². The second-order valence-electron chi connectivity index (χ2n) is 1.24. The van der Waals surface area contributed by atoms with Crippen molar-refractivity contribution in [3.05, 3.63) is 0 Å². The first-order chi connectivity index (χ1) is 6.00. The first-order valence-electron chi connectivity index (χ1n) is 1.94. The minimum atomic E-state index is -5.12. The Morgan fingerprint density at radius 3 is 0.500 bits per heavy atom. The molecule has 0 saturated carbocycles. The fourth-order valence-electron chi connectivity index (χ4n) is 0. The Morgan fingerprint density at radius 1 is 0.500 bits per heavy atom. The van der Waals surface area contributed by atoms with E-state index in [-0.39, 0.29) is 120 Å². The first-order valence-corrected chi connectivity index (χ1v) is 8.00. The topological polar surface area (TPSA) is 224 Å². The minimum Gasteiger partial charge on any atom is 2.00 e. The molecule has 18 heavy (non-hydrogen) atoms. The summed E-state index contributed by atoms with van der Waals surface area (Å²) in [5.41, 5.74) is 0. The van der Waals surface area contributed by atoms with Crippen LogP contribution in [0.25, 0.3) is 0 Å². The molecule has 0 unspecified atom stereocenters. The maximum atomic E-state index is 8.80. The van der Waals surface area contributed by atoms with Crippen LogP contribution in [0.3, 0.4) is 0 Å². The van der Waals surface area contributed by atoms with Crippen LogP contribution in [0, 0.1) is 71.2 Å². The normalized spacial score (nSPS) is 9.67. The van der Waals surface area contributed by atoms with E-state index in [0.29, 0.717) is 0 Å². The van der Waals surface area contributed by atoms with E-state index in [0.717, 1.165) is 0 Å². The monoisotopic (exact) mass is 731 g/mol. The van der Waals surface area contributed by atoms with E-state index in [1.165, 1.54) is 0 Å². The maximum absolute atomic E-state index is 8.80. The van der Waals surface area contributed by atoms with Crippen LogP contribution in [0.4, 0.5) is 0 Å². The van der Waals surface area contributed by atoms with Crippen LogP contribution in [0.1, 0.15) is 2.85 Å². The Bertz CT molecular complexity index is 356. The number of hydrogen-bond acceptors (Lipinski definition) is 6. The van der Waals surface area contributed by atoms with Gasteiger partial charge in [-0.05, 0) is 0 Å². The molecule has 0 aliphatic carbocycles. The quantitative estimate of drug-likeness (QED) is 0.131. The molecule has 0 heterocycles. The zero-order valence-electron chi connectivity index (χ0n) is 10.1. The average Bonchev–Trinajstić information content (AvgIpc) is 1.41. The summed E-state index contributed by atoms with van der Waals surface area (Å²) in [6, 6.07) is 0. The molecule has 0 atom stereocenters. The molecule has 0 amide bonds. The molecule has 0 bridgehead atoms. The van der Waals surface area contributed by atoms with Crippen LogP contribution < -0.4 is 0 Å². The molecule has 0 aromatic carbocycles. The molecule has 0 saturated heterocycles. The van der Waals surface area contributed by atoms with E-state index in [2.05, 4.69) is 0 Å². The van der Waals surface area contributed by atoms with Crippen LogP contribution in [0.15, 0.2) is 0 Å². The Hall–Kier alpha value is 3.99. The van der Waals surface area contributed by atoms with Gasteiger partial charge in [0, 0.05) is 71.2 Å². The van der Waals surface area contributed by atoms with Gasteiger partial charge in [-0.1, -0.05) is 0 Å². The molecule has 0 aromatic heterocycles. The first kappa shape index (κ1) is 37.9. The van der Waals surface area contributed by atoms with Gasteiger partial charge in [-0.2, -0.15) is 0 Å². The summed E-state index contributed by atoms with van der Waals surface area (Å²) < 4.78 is 95.4. The van der Waals surface area contributed by atoms with Crippen molar-refractivity contribution >= 4 is 45.5 Å². The second-order valence-corrected chi connectivity index (χ2v) is 5.13. The standard InChI is InChI=1S/2La.3Mn.6H2O.6O.Sr.2H/h;;;;;6*1H2;;;;;;;;;/q;;3*+2;;;;;;;;;;;;;+2;2*-1/p-6. The van der Waals surface area contributed by atoms with Gasteiger partial charge in [0.05, 0.1) is 0 Å². The molecule has 0 rings (SSSR count). The van der Waals surface area contributed by atoms with Crippen molar-refractivity contribution in [2.24, 2.45) is 0 Å². The number of hydrogen-bond donors (Lipinski definition) is 6. The van der Waals surface area contributed by atoms with E-state index < -0.39 is 40.1 Å². The molecular weight excluding hydrogens is 722 g/mol. The van der Waals surface area contributed by atoms with Crippen LogP contribution in [-0.2, 0) is 63.1 Å². The van der Waals surface area contributed by atoms with E-state index in [1.807, 2.05) is 0 Å². The third-order valence-electron chi connectivity index (χ3n) is 0. The fourth-order valence-corrected chi connectivity index (χ4v) is 0. The predicted molar refractivity (Wildman–Crippen MR) is 25.4 cm³/mol. The molecule has 2 radical (unpaired) electrons. The van der Waals surface area contributed by atoms with Gasteiger partial charge in [-0.25, -0.2) is 0 Å². The summed E-state index contributed by atoms with van der Waals surface area (Å²) in [6.45, 7) is 0.